The molecular weight excluding hydrogens is 186 g/mol. The van der Waals surface area contributed by atoms with Crippen LogP contribution in [-0.2, 0) is 4.74 Å². The van der Waals surface area contributed by atoms with Crippen molar-refractivity contribution < 1.29 is 4.74 Å². The van der Waals surface area contributed by atoms with Crippen LogP contribution in [0.25, 0.3) is 0 Å². The summed E-state index contributed by atoms with van der Waals surface area (Å²) >= 11 is 0. The molecule has 1 saturated heterocycles. The third-order valence-corrected chi connectivity index (χ3v) is 3.52. The second kappa shape index (κ2) is 4.42. The molecule has 0 amide bonds. The normalized spacial score (nSPS) is 37.6. The van der Waals surface area contributed by atoms with Crippen molar-refractivity contribution in [2.75, 3.05) is 13.1 Å². The Bertz CT molecular complexity index is 215. The average molecular weight is 213 g/mol. The summed E-state index contributed by atoms with van der Waals surface area (Å²) in [5, 5.41) is 3.53. The molecule has 2 heteroatoms. The zero-order valence-corrected chi connectivity index (χ0v) is 11.2. The van der Waals surface area contributed by atoms with Crippen LogP contribution in [0.1, 0.15) is 48.0 Å². The van der Waals surface area contributed by atoms with Crippen LogP contribution in [0, 0.1) is 11.8 Å². The Morgan fingerprint density at radius 1 is 1.13 bits per heavy atom. The average Bonchev–Trinajstić information content (AvgIpc) is 2.00. The van der Waals surface area contributed by atoms with Crippen LogP contribution in [0.15, 0.2) is 0 Å². The maximum Gasteiger partial charge on any atom is 0.0809 e. The van der Waals surface area contributed by atoms with Crippen molar-refractivity contribution in [1.82, 2.24) is 5.32 Å². The summed E-state index contributed by atoms with van der Waals surface area (Å²) in [6, 6.07) is 0. The van der Waals surface area contributed by atoms with Crippen LogP contribution < -0.4 is 5.32 Å². The molecule has 0 aliphatic carbocycles. The SMILES string of the molecule is CC(C)CC1(C)CNCC(C)(C(C)C)O1. The van der Waals surface area contributed by atoms with E-state index in [2.05, 4.69) is 46.9 Å². The molecule has 2 nitrogen and oxygen atoms in total. The second-order valence-electron chi connectivity index (χ2n) is 6.22. The highest BCUT2D eigenvalue weighted by Gasteiger charge is 2.41. The number of ether oxygens (including phenoxy) is 1. The molecular formula is C13H27NO. The maximum atomic E-state index is 6.37. The predicted octanol–water partition coefficient (Wildman–Crippen LogP) is 2.83. The maximum absolute atomic E-state index is 6.37. The minimum atomic E-state index is -0.0120. The molecule has 0 radical (unpaired) electrons. The fourth-order valence-corrected chi connectivity index (χ4v) is 2.51. The van der Waals surface area contributed by atoms with Gasteiger partial charge in [-0.15, -0.1) is 0 Å². The van der Waals surface area contributed by atoms with Crippen molar-refractivity contribution in [2.45, 2.75) is 59.2 Å². The van der Waals surface area contributed by atoms with Crippen molar-refractivity contribution in [3.8, 4) is 0 Å². The van der Waals surface area contributed by atoms with Crippen LogP contribution >= 0.6 is 0 Å². The highest BCUT2D eigenvalue weighted by molar-refractivity contribution is 4.94. The zero-order valence-electron chi connectivity index (χ0n) is 11.2. The lowest BCUT2D eigenvalue weighted by atomic mass is 9.85. The molecule has 0 saturated carbocycles. The number of nitrogens with one attached hydrogen (secondary N) is 1. The van der Waals surface area contributed by atoms with E-state index in [0.717, 1.165) is 19.5 Å². The van der Waals surface area contributed by atoms with Gasteiger partial charge in [-0.1, -0.05) is 27.7 Å². The van der Waals surface area contributed by atoms with Gasteiger partial charge in [0.2, 0.25) is 0 Å². The molecule has 15 heavy (non-hydrogen) atoms. The van der Waals surface area contributed by atoms with Gasteiger partial charge >= 0.3 is 0 Å². The highest BCUT2D eigenvalue weighted by atomic mass is 16.5. The summed E-state index contributed by atoms with van der Waals surface area (Å²) in [6.45, 7) is 15.4. The Morgan fingerprint density at radius 2 is 1.73 bits per heavy atom. The highest BCUT2D eigenvalue weighted by Crippen LogP contribution is 2.33. The topological polar surface area (TPSA) is 21.3 Å². The largest absolute Gasteiger partial charge is 0.366 e. The van der Waals surface area contributed by atoms with Gasteiger partial charge in [-0.25, -0.2) is 0 Å². The van der Waals surface area contributed by atoms with E-state index >= 15 is 0 Å². The summed E-state index contributed by atoms with van der Waals surface area (Å²) in [4.78, 5) is 0. The third kappa shape index (κ3) is 3.18. The first-order chi connectivity index (χ1) is 6.77. The smallest absolute Gasteiger partial charge is 0.0809 e. The van der Waals surface area contributed by atoms with E-state index in [4.69, 9.17) is 4.74 Å². The minimum absolute atomic E-state index is 0.00539. The van der Waals surface area contributed by atoms with Gasteiger partial charge in [-0.3, -0.25) is 0 Å². The van der Waals surface area contributed by atoms with Gasteiger partial charge in [0.05, 0.1) is 11.2 Å². The Labute approximate surface area is 94.8 Å². The van der Waals surface area contributed by atoms with Crippen molar-refractivity contribution in [3.63, 3.8) is 0 Å². The molecule has 1 rings (SSSR count). The molecule has 1 heterocycles. The number of hydrogen-bond acceptors (Lipinski definition) is 2. The van der Waals surface area contributed by atoms with Crippen LogP contribution in [0.3, 0.4) is 0 Å². The quantitative estimate of drug-likeness (QED) is 0.778. The first-order valence-electron chi connectivity index (χ1n) is 6.18. The van der Waals surface area contributed by atoms with E-state index < -0.39 is 0 Å². The minimum Gasteiger partial charge on any atom is -0.366 e. The number of morpholine rings is 1. The first-order valence-corrected chi connectivity index (χ1v) is 6.18. The molecule has 1 N–H and O–H groups in total. The lowest BCUT2D eigenvalue weighted by Gasteiger charge is -2.48. The van der Waals surface area contributed by atoms with E-state index in [1.165, 1.54) is 0 Å². The molecule has 2 unspecified atom stereocenters. The third-order valence-electron chi connectivity index (χ3n) is 3.52. The Balaban J connectivity index is 2.70. The second-order valence-corrected chi connectivity index (χ2v) is 6.22. The molecule has 0 spiro atoms. The first kappa shape index (κ1) is 13.0. The summed E-state index contributed by atoms with van der Waals surface area (Å²) in [6.07, 6.45) is 1.13. The van der Waals surface area contributed by atoms with Gasteiger partial charge in [0, 0.05) is 13.1 Å². The summed E-state index contributed by atoms with van der Waals surface area (Å²) in [5.74, 6) is 1.24. The van der Waals surface area contributed by atoms with Crippen molar-refractivity contribution >= 4 is 0 Å². The van der Waals surface area contributed by atoms with E-state index in [0.29, 0.717) is 11.8 Å². The van der Waals surface area contributed by atoms with Crippen LogP contribution in [0.4, 0.5) is 0 Å². The predicted molar refractivity (Wildman–Crippen MR) is 65.1 cm³/mol. The van der Waals surface area contributed by atoms with Gasteiger partial charge in [0.1, 0.15) is 0 Å². The molecule has 0 aromatic rings. The van der Waals surface area contributed by atoms with Crippen molar-refractivity contribution in [2.24, 2.45) is 11.8 Å². The molecule has 0 aromatic carbocycles. The van der Waals surface area contributed by atoms with Crippen LogP contribution in [-0.4, -0.2) is 24.3 Å². The van der Waals surface area contributed by atoms with Gasteiger partial charge in [-0.2, -0.15) is 0 Å². The van der Waals surface area contributed by atoms with Crippen molar-refractivity contribution in [1.29, 1.82) is 0 Å². The van der Waals surface area contributed by atoms with E-state index in [1.807, 2.05) is 0 Å². The molecule has 2 atom stereocenters. The van der Waals surface area contributed by atoms with E-state index in [1.54, 1.807) is 0 Å². The lowest BCUT2D eigenvalue weighted by molar-refractivity contribution is -0.186. The van der Waals surface area contributed by atoms with Crippen LogP contribution in [0.5, 0.6) is 0 Å². The summed E-state index contributed by atoms with van der Waals surface area (Å²) < 4.78 is 6.37. The molecule has 1 aliphatic rings. The number of hydrogen-bond donors (Lipinski definition) is 1. The molecule has 0 aromatic heterocycles. The molecule has 1 aliphatic heterocycles. The molecule has 1 fully saturated rings. The fraction of sp³-hybridized carbons (Fsp3) is 1.00. The monoisotopic (exact) mass is 213 g/mol. The number of rotatable bonds is 3. The van der Waals surface area contributed by atoms with Gasteiger partial charge < -0.3 is 10.1 Å². The zero-order chi connectivity index (χ0) is 11.7. The lowest BCUT2D eigenvalue weighted by Crippen LogP contribution is -2.60. The molecule has 90 valence electrons. The Morgan fingerprint density at radius 3 is 2.20 bits per heavy atom. The van der Waals surface area contributed by atoms with Gasteiger partial charge in [0.25, 0.3) is 0 Å². The standard InChI is InChI=1S/C13H27NO/c1-10(2)7-12(5)8-14-9-13(6,15-12)11(3)4/h10-11,14H,7-9H2,1-6H3. The fourth-order valence-electron chi connectivity index (χ4n) is 2.51. The van der Waals surface area contributed by atoms with E-state index in [9.17, 15) is 0 Å². The summed E-state index contributed by atoms with van der Waals surface area (Å²) in [5.41, 5.74) is -0.00662. The summed E-state index contributed by atoms with van der Waals surface area (Å²) in [7, 11) is 0. The molecule has 0 bridgehead atoms. The van der Waals surface area contributed by atoms with Gasteiger partial charge in [0.15, 0.2) is 0 Å². The van der Waals surface area contributed by atoms with Crippen LogP contribution in [0.2, 0.25) is 0 Å². The van der Waals surface area contributed by atoms with Gasteiger partial charge in [-0.05, 0) is 32.1 Å². The van der Waals surface area contributed by atoms with Crippen molar-refractivity contribution in [3.05, 3.63) is 0 Å². The van der Waals surface area contributed by atoms with E-state index in [-0.39, 0.29) is 11.2 Å². The Hall–Kier alpha value is -0.0800. The Kier molecular flexibility index (Phi) is 3.83.